The molecule has 0 radical (unpaired) electrons. The zero-order valence-electron chi connectivity index (χ0n) is 16.6. The number of ether oxygens (including phenoxy) is 2. The molecule has 1 amide bonds. The van der Waals surface area contributed by atoms with E-state index < -0.39 is 0 Å². The maximum Gasteiger partial charge on any atom is 0.238 e. The number of carbonyl (C=O) groups excluding carboxylic acids is 2. The van der Waals surface area contributed by atoms with Crippen LogP contribution in [0.1, 0.15) is 23.2 Å². The monoisotopic (exact) mass is 400 g/mol. The number of Topliss-reactive ketones (excluding diaryl/α,β-unsaturated/α-hetero) is 1. The van der Waals surface area contributed by atoms with Crippen molar-refractivity contribution in [3.63, 3.8) is 0 Å². The number of amides is 1. The summed E-state index contributed by atoms with van der Waals surface area (Å²) in [6, 6.07) is 10.9. The van der Waals surface area contributed by atoms with E-state index >= 15 is 0 Å². The Hall–Kier alpha value is -2.93. The van der Waals surface area contributed by atoms with Crippen LogP contribution in [-0.2, 0) is 4.79 Å². The summed E-state index contributed by atoms with van der Waals surface area (Å²) >= 11 is 0. The van der Waals surface area contributed by atoms with Gasteiger partial charge in [0.05, 0.1) is 26.5 Å². The average molecular weight is 400 g/mol. The number of ketones is 1. The molecule has 1 fully saturated rings. The van der Waals surface area contributed by atoms with Crippen LogP contribution >= 0.6 is 0 Å². The van der Waals surface area contributed by atoms with Gasteiger partial charge in [-0.05, 0) is 62.3 Å². The predicted octanol–water partition coefficient (Wildman–Crippen LogP) is 3.38. The van der Waals surface area contributed by atoms with Crippen molar-refractivity contribution in [3.05, 3.63) is 53.8 Å². The van der Waals surface area contributed by atoms with Gasteiger partial charge in [-0.2, -0.15) is 0 Å². The molecule has 154 valence electrons. The van der Waals surface area contributed by atoms with Crippen molar-refractivity contribution in [2.24, 2.45) is 5.92 Å². The second-order valence-corrected chi connectivity index (χ2v) is 7.04. The maximum atomic E-state index is 13.0. The van der Waals surface area contributed by atoms with Crippen molar-refractivity contribution in [2.75, 3.05) is 39.2 Å². The summed E-state index contributed by atoms with van der Waals surface area (Å²) in [6.45, 7) is 1.56. The molecular weight excluding hydrogens is 375 g/mol. The number of benzene rings is 2. The van der Waals surface area contributed by atoms with E-state index in [1.54, 1.807) is 25.3 Å². The molecule has 0 unspecified atom stereocenters. The van der Waals surface area contributed by atoms with Gasteiger partial charge in [-0.15, -0.1) is 0 Å². The van der Waals surface area contributed by atoms with Crippen LogP contribution in [0.15, 0.2) is 42.5 Å². The van der Waals surface area contributed by atoms with E-state index in [0.717, 1.165) is 0 Å². The minimum Gasteiger partial charge on any atom is -0.497 e. The summed E-state index contributed by atoms with van der Waals surface area (Å²) in [7, 11) is 3.10. The van der Waals surface area contributed by atoms with Crippen molar-refractivity contribution in [2.45, 2.75) is 12.8 Å². The van der Waals surface area contributed by atoms with Crippen LogP contribution in [0.25, 0.3) is 0 Å². The van der Waals surface area contributed by atoms with E-state index in [1.807, 2.05) is 4.90 Å². The zero-order valence-corrected chi connectivity index (χ0v) is 16.6. The highest BCUT2D eigenvalue weighted by Crippen LogP contribution is 2.29. The number of methoxy groups -OCH3 is 2. The number of piperidine rings is 1. The number of halogens is 1. The van der Waals surface area contributed by atoms with E-state index in [4.69, 9.17) is 9.47 Å². The third-order valence-corrected chi connectivity index (χ3v) is 5.14. The van der Waals surface area contributed by atoms with Gasteiger partial charge in [0.2, 0.25) is 5.91 Å². The molecule has 0 saturated carbocycles. The van der Waals surface area contributed by atoms with E-state index in [1.165, 1.54) is 31.4 Å². The minimum atomic E-state index is -0.351. The van der Waals surface area contributed by atoms with E-state index in [-0.39, 0.29) is 30.0 Å². The summed E-state index contributed by atoms with van der Waals surface area (Å²) < 4.78 is 23.5. The molecule has 0 aromatic heterocycles. The Bertz CT molecular complexity index is 862. The number of hydrogen-bond acceptors (Lipinski definition) is 5. The van der Waals surface area contributed by atoms with Crippen molar-refractivity contribution >= 4 is 17.4 Å². The molecule has 2 aromatic carbocycles. The van der Waals surface area contributed by atoms with Crippen molar-refractivity contribution in [1.29, 1.82) is 0 Å². The second-order valence-electron chi connectivity index (χ2n) is 7.04. The van der Waals surface area contributed by atoms with Crippen LogP contribution in [0.2, 0.25) is 0 Å². The molecule has 1 saturated heterocycles. The van der Waals surface area contributed by atoms with Crippen LogP contribution in [0.5, 0.6) is 11.5 Å². The molecule has 1 aliphatic rings. The Morgan fingerprint density at radius 3 is 2.38 bits per heavy atom. The molecule has 6 nitrogen and oxygen atoms in total. The number of hydrogen-bond donors (Lipinski definition) is 1. The standard InChI is InChI=1S/C22H25FN2O4/c1-28-18-7-8-19(20(13-18)29-2)24-21(26)14-25-11-9-16(10-12-25)22(27)15-3-5-17(23)6-4-15/h3-8,13,16H,9-12,14H2,1-2H3,(H,24,26). The lowest BCUT2D eigenvalue weighted by atomic mass is 9.89. The number of anilines is 1. The molecular formula is C22H25FN2O4. The Labute approximate surface area is 169 Å². The van der Waals surface area contributed by atoms with Crippen LogP contribution in [0, 0.1) is 11.7 Å². The zero-order chi connectivity index (χ0) is 20.8. The Morgan fingerprint density at radius 1 is 1.07 bits per heavy atom. The van der Waals surface area contributed by atoms with E-state index in [2.05, 4.69) is 5.32 Å². The Morgan fingerprint density at radius 2 is 1.76 bits per heavy atom. The van der Waals surface area contributed by atoms with Crippen molar-refractivity contribution < 1.29 is 23.5 Å². The first-order valence-electron chi connectivity index (χ1n) is 9.54. The highest BCUT2D eigenvalue weighted by Gasteiger charge is 2.26. The summed E-state index contributed by atoms with van der Waals surface area (Å²) in [5.41, 5.74) is 1.12. The normalized spacial score (nSPS) is 15.0. The summed E-state index contributed by atoms with van der Waals surface area (Å²) in [4.78, 5) is 27.0. The van der Waals surface area contributed by atoms with Crippen LogP contribution in [0.4, 0.5) is 10.1 Å². The smallest absolute Gasteiger partial charge is 0.238 e. The third kappa shape index (κ3) is 5.32. The molecule has 1 aliphatic heterocycles. The summed E-state index contributed by atoms with van der Waals surface area (Å²) in [5, 5.41) is 2.86. The molecule has 1 heterocycles. The summed E-state index contributed by atoms with van der Waals surface area (Å²) in [6.07, 6.45) is 1.35. The second kappa shape index (κ2) is 9.52. The van der Waals surface area contributed by atoms with Gasteiger partial charge >= 0.3 is 0 Å². The molecule has 2 aromatic rings. The van der Waals surface area contributed by atoms with Gasteiger partial charge in [-0.1, -0.05) is 0 Å². The van der Waals surface area contributed by atoms with Gasteiger partial charge in [0.15, 0.2) is 5.78 Å². The third-order valence-electron chi connectivity index (χ3n) is 5.14. The minimum absolute atomic E-state index is 0.0390. The van der Waals surface area contributed by atoms with Gasteiger partial charge in [-0.25, -0.2) is 4.39 Å². The van der Waals surface area contributed by atoms with Gasteiger partial charge in [0, 0.05) is 17.5 Å². The molecule has 0 bridgehead atoms. The SMILES string of the molecule is COc1ccc(NC(=O)CN2CCC(C(=O)c3ccc(F)cc3)CC2)c(OC)c1. The van der Waals surface area contributed by atoms with E-state index in [9.17, 15) is 14.0 Å². The first kappa shape index (κ1) is 20.8. The average Bonchev–Trinajstić information content (AvgIpc) is 2.74. The highest BCUT2D eigenvalue weighted by atomic mass is 19.1. The number of carbonyl (C=O) groups is 2. The lowest BCUT2D eigenvalue weighted by Gasteiger charge is -2.30. The molecule has 0 atom stereocenters. The number of likely N-dealkylation sites (tertiary alicyclic amines) is 1. The predicted molar refractivity (Wildman–Crippen MR) is 108 cm³/mol. The lowest BCUT2D eigenvalue weighted by Crippen LogP contribution is -2.40. The van der Waals surface area contributed by atoms with Crippen LogP contribution in [0.3, 0.4) is 0 Å². The van der Waals surface area contributed by atoms with Crippen LogP contribution < -0.4 is 14.8 Å². The fraction of sp³-hybridized carbons (Fsp3) is 0.364. The first-order valence-corrected chi connectivity index (χ1v) is 9.54. The molecule has 0 aliphatic carbocycles. The van der Waals surface area contributed by atoms with Gasteiger partial charge in [-0.3, -0.25) is 14.5 Å². The van der Waals surface area contributed by atoms with Crippen LogP contribution in [-0.4, -0.2) is 50.4 Å². The quantitative estimate of drug-likeness (QED) is 0.722. The molecule has 29 heavy (non-hydrogen) atoms. The summed E-state index contributed by atoms with van der Waals surface area (Å²) in [5.74, 6) is 0.625. The first-order chi connectivity index (χ1) is 14.0. The molecule has 0 spiro atoms. The molecule has 3 rings (SSSR count). The lowest BCUT2D eigenvalue weighted by molar-refractivity contribution is -0.117. The van der Waals surface area contributed by atoms with Gasteiger partial charge < -0.3 is 14.8 Å². The van der Waals surface area contributed by atoms with Gasteiger partial charge in [0.1, 0.15) is 17.3 Å². The maximum absolute atomic E-state index is 13.0. The largest absolute Gasteiger partial charge is 0.497 e. The fourth-order valence-electron chi connectivity index (χ4n) is 3.50. The Kier molecular flexibility index (Phi) is 6.82. The highest BCUT2D eigenvalue weighted by molar-refractivity contribution is 5.98. The Balaban J connectivity index is 1.51. The number of nitrogens with one attached hydrogen (secondary N) is 1. The number of nitrogens with zero attached hydrogens (tertiary/aromatic N) is 1. The molecule has 7 heteroatoms. The van der Waals surface area contributed by atoms with Gasteiger partial charge in [0.25, 0.3) is 0 Å². The van der Waals surface area contributed by atoms with Crippen molar-refractivity contribution in [3.8, 4) is 11.5 Å². The van der Waals surface area contributed by atoms with Crippen molar-refractivity contribution in [1.82, 2.24) is 4.90 Å². The topological polar surface area (TPSA) is 67.9 Å². The molecule has 1 N–H and O–H groups in total. The fourth-order valence-corrected chi connectivity index (χ4v) is 3.50. The van der Waals surface area contributed by atoms with E-state index in [0.29, 0.717) is 48.7 Å². The number of rotatable bonds is 7.